The zero-order chi connectivity index (χ0) is 19.1. The third kappa shape index (κ3) is 3.05. The Hall–Kier alpha value is -3.22. The first-order valence-electron chi connectivity index (χ1n) is 8.93. The molecule has 0 unspecified atom stereocenters. The number of carbonyl (C=O) groups excluding carboxylic acids is 1. The van der Waals surface area contributed by atoms with Gasteiger partial charge in [-0.25, -0.2) is 9.78 Å². The first-order valence-corrected chi connectivity index (χ1v) is 8.93. The van der Waals surface area contributed by atoms with Crippen molar-refractivity contribution in [3.05, 3.63) is 74.3 Å². The predicted molar refractivity (Wildman–Crippen MR) is 101 cm³/mol. The second kappa shape index (κ2) is 6.50. The number of aryl methyl sites for hydroxylation is 2. The third-order valence-electron chi connectivity index (χ3n) is 5.11. The molecule has 0 radical (unpaired) electrons. The number of carbonyl (C=O) groups is 1. The molecular formula is C20H21N5O2. The van der Waals surface area contributed by atoms with Gasteiger partial charge >= 0.3 is 0 Å². The monoisotopic (exact) mass is 363 g/mol. The van der Waals surface area contributed by atoms with Crippen molar-refractivity contribution in [1.29, 1.82) is 0 Å². The summed E-state index contributed by atoms with van der Waals surface area (Å²) in [4.78, 5) is 26.2. The summed E-state index contributed by atoms with van der Waals surface area (Å²) < 4.78 is 1.56. The smallest absolute Gasteiger partial charge is 0.264 e. The quantitative estimate of drug-likeness (QED) is 0.755. The lowest BCUT2D eigenvalue weighted by Gasteiger charge is -2.30. The van der Waals surface area contributed by atoms with Crippen LogP contribution in [0.5, 0.6) is 0 Å². The van der Waals surface area contributed by atoms with Crippen LogP contribution in [-0.4, -0.2) is 37.3 Å². The van der Waals surface area contributed by atoms with Gasteiger partial charge in [0, 0.05) is 19.2 Å². The van der Waals surface area contributed by atoms with Crippen LogP contribution >= 0.6 is 0 Å². The van der Waals surface area contributed by atoms with Gasteiger partial charge in [-0.2, -0.15) is 10.2 Å². The summed E-state index contributed by atoms with van der Waals surface area (Å²) in [6.45, 7) is 7.35. The standard InChI is InChI=1S/C20H21N5O2/c1-12-8-13(2)16-6-7-24(11-15(16)9-12)20(27)17-10-21-25(14(17)3)18-4-5-19(26)23-22-18/h4-5,8-10H,6-7,11H2,1-3H3,(H,23,26). The molecule has 0 saturated carbocycles. The van der Waals surface area contributed by atoms with Crippen molar-refractivity contribution in [3.63, 3.8) is 0 Å². The van der Waals surface area contributed by atoms with E-state index in [1.807, 2.05) is 11.8 Å². The van der Waals surface area contributed by atoms with Gasteiger partial charge in [-0.15, -0.1) is 0 Å². The lowest BCUT2D eigenvalue weighted by molar-refractivity contribution is 0.0733. The number of rotatable bonds is 2. The first-order chi connectivity index (χ1) is 12.9. The molecule has 3 heterocycles. The molecule has 7 nitrogen and oxygen atoms in total. The summed E-state index contributed by atoms with van der Waals surface area (Å²) in [5.74, 6) is 0.439. The Bertz CT molecular complexity index is 1080. The normalized spacial score (nSPS) is 13.5. The fourth-order valence-corrected chi connectivity index (χ4v) is 3.77. The van der Waals surface area contributed by atoms with Crippen LogP contribution in [-0.2, 0) is 13.0 Å². The average Bonchev–Trinajstić information content (AvgIpc) is 3.02. The lowest BCUT2D eigenvalue weighted by atomic mass is 9.93. The number of nitrogens with one attached hydrogen (secondary N) is 1. The molecule has 1 amide bonds. The van der Waals surface area contributed by atoms with Gasteiger partial charge in [0.2, 0.25) is 0 Å². The van der Waals surface area contributed by atoms with Crippen LogP contribution in [0, 0.1) is 20.8 Å². The van der Waals surface area contributed by atoms with Gasteiger partial charge in [-0.05, 0) is 49.9 Å². The third-order valence-corrected chi connectivity index (χ3v) is 5.11. The Morgan fingerprint density at radius 3 is 2.74 bits per heavy atom. The summed E-state index contributed by atoms with van der Waals surface area (Å²) >= 11 is 0. The Balaban J connectivity index is 1.62. The molecule has 7 heteroatoms. The number of hydrogen-bond acceptors (Lipinski definition) is 4. The first kappa shape index (κ1) is 17.2. The summed E-state index contributed by atoms with van der Waals surface area (Å²) in [6, 6.07) is 7.33. The number of aromatic nitrogens is 4. The minimum Gasteiger partial charge on any atom is -0.334 e. The highest BCUT2D eigenvalue weighted by atomic mass is 16.2. The van der Waals surface area contributed by atoms with E-state index in [-0.39, 0.29) is 11.5 Å². The van der Waals surface area contributed by atoms with E-state index in [0.717, 1.165) is 6.42 Å². The van der Waals surface area contributed by atoms with E-state index in [4.69, 9.17) is 0 Å². The molecule has 1 N–H and O–H groups in total. The van der Waals surface area contributed by atoms with Crippen LogP contribution in [0.3, 0.4) is 0 Å². The van der Waals surface area contributed by atoms with Crippen molar-refractivity contribution >= 4 is 5.91 Å². The molecular weight excluding hydrogens is 342 g/mol. The number of amides is 1. The summed E-state index contributed by atoms with van der Waals surface area (Å²) in [5.41, 5.74) is 6.06. The SMILES string of the molecule is Cc1cc(C)c2c(c1)CN(C(=O)c1cnn(-c3ccc(=O)[nH]n3)c1C)CC2. The summed E-state index contributed by atoms with van der Waals surface area (Å²) in [7, 11) is 0. The number of H-pyrrole nitrogens is 1. The van der Waals surface area contributed by atoms with Crippen LogP contribution in [0.4, 0.5) is 0 Å². The van der Waals surface area contributed by atoms with Crippen LogP contribution < -0.4 is 5.56 Å². The van der Waals surface area contributed by atoms with Gasteiger partial charge in [0.15, 0.2) is 5.82 Å². The summed E-state index contributed by atoms with van der Waals surface area (Å²) in [5, 5.41) is 10.7. The highest BCUT2D eigenvalue weighted by Crippen LogP contribution is 2.25. The largest absolute Gasteiger partial charge is 0.334 e. The predicted octanol–water partition coefficient (Wildman–Crippen LogP) is 2.08. The maximum atomic E-state index is 13.1. The average molecular weight is 363 g/mol. The molecule has 27 heavy (non-hydrogen) atoms. The molecule has 4 rings (SSSR count). The van der Waals surface area contributed by atoms with Crippen molar-refractivity contribution < 1.29 is 4.79 Å². The Kier molecular flexibility index (Phi) is 4.14. The fraction of sp³-hybridized carbons (Fsp3) is 0.300. The van der Waals surface area contributed by atoms with Gasteiger partial charge in [0.1, 0.15) is 0 Å². The number of aromatic amines is 1. The van der Waals surface area contributed by atoms with Crippen LogP contribution in [0.25, 0.3) is 5.82 Å². The summed E-state index contributed by atoms with van der Waals surface area (Å²) in [6.07, 6.45) is 2.43. The highest BCUT2D eigenvalue weighted by Gasteiger charge is 2.26. The molecule has 0 saturated heterocycles. The van der Waals surface area contributed by atoms with E-state index < -0.39 is 0 Å². The molecule has 0 fully saturated rings. The maximum Gasteiger partial charge on any atom is 0.264 e. The number of hydrogen-bond donors (Lipinski definition) is 1. The van der Waals surface area contributed by atoms with Gasteiger partial charge in [-0.1, -0.05) is 17.7 Å². The molecule has 1 aromatic carbocycles. The van der Waals surface area contributed by atoms with Crippen LogP contribution in [0.1, 0.15) is 38.3 Å². The maximum absolute atomic E-state index is 13.1. The highest BCUT2D eigenvalue weighted by molar-refractivity contribution is 5.95. The number of nitrogens with zero attached hydrogens (tertiary/aromatic N) is 4. The van der Waals surface area contributed by atoms with Crippen molar-refractivity contribution in [3.8, 4) is 5.82 Å². The molecule has 2 aromatic heterocycles. The molecule has 3 aromatic rings. The van der Waals surface area contributed by atoms with Gasteiger partial charge < -0.3 is 4.90 Å². The lowest BCUT2D eigenvalue weighted by Crippen LogP contribution is -2.36. The van der Waals surface area contributed by atoms with E-state index in [2.05, 4.69) is 41.3 Å². The molecule has 0 bridgehead atoms. The van der Waals surface area contributed by atoms with Crippen molar-refractivity contribution in [2.24, 2.45) is 0 Å². The Labute approximate surface area is 156 Å². The number of benzene rings is 1. The topological polar surface area (TPSA) is 83.9 Å². The molecule has 0 spiro atoms. The van der Waals surface area contributed by atoms with Crippen LogP contribution in [0.2, 0.25) is 0 Å². The zero-order valence-corrected chi connectivity index (χ0v) is 15.6. The minimum absolute atomic E-state index is 0.0343. The van der Waals surface area contributed by atoms with Gasteiger partial charge in [0.05, 0.1) is 17.5 Å². The molecule has 1 aliphatic rings. The van der Waals surface area contributed by atoms with E-state index in [1.54, 1.807) is 16.9 Å². The van der Waals surface area contributed by atoms with Gasteiger partial charge in [0.25, 0.3) is 11.5 Å². The Morgan fingerprint density at radius 2 is 2.00 bits per heavy atom. The van der Waals surface area contributed by atoms with Crippen molar-refractivity contribution in [1.82, 2.24) is 24.9 Å². The van der Waals surface area contributed by atoms with Crippen molar-refractivity contribution in [2.75, 3.05) is 6.54 Å². The molecule has 138 valence electrons. The van der Waals surface area contributed by atoms with Crippen molar-refractivity contribution in [2.45, 2.75) is 33.7 Å². The minimum atomic E-state index is -0.280. The number of fused-ring (bicyclic) bond motifs is 1. The second-order valence-corrected chi connectivity index (χ2v) is 7.03. The fourth-order valence-electron chi connectivity index (χ4n) is 3.77. The molecule has 1 aliphatic heterocycles. The molecule has 0 aliphatic carbocycles. The Morgan fingerprint density at radius 1 is 1.19 bits per heavy atom. The second-order valence-electron chi connectivity index (χ2n) is 7.03. The van der Waals surface area contributed by atoms with E-state index in [9.17, 15) is 9.59 Å². The van der Waals surface area contributed by atoms with E-state index in [1.165, 1.54) is 28.3 Å². The molecule has 0 atom stereocenters. The van der Waals surface area contributed by atoms with Gasteiger partial charge in [-0.3, -0.25) is 9.59 Å². The van der Waals surface area contributed by atoms with E-state index >= 15 is 0 Å². The zero-order valence-electron chi connectivity index (χ0n) is 15.6. The van der Waals surface area contributed by atoms with E-state index in [0.29, 0.717) is 30.2 Å². The van der Waals surface area contributed by atoms with Crippen LogP contribution in [0.15, 0.2) is 35.3 Å².